The van der Waals surface area contributed by atoms with Crippen LogP contribution in [0.5, 0.6) is 5.88 Å². The Bertz CT molecular complexity index is 225. The molecule has 1 rings (SSSR count). The van der Waals surface area contributed by atoms with Crippen molar-refractivity contribution >= 4 is 11.7 Å². The van der Waals surface area contributed by atoms with Gasteiger partial charge in [-0.25, -0.2) is 0 Å². The predicted octanol–water partition coefficient (Wildman–Crippen LogP) is 0.115. The minimum atomic E-state index is -0.280. The highest BCUT2D eigenvalue weighted by Gasteiger charge is 2.01. The van der Waals surface area contributed by atoms with Gasteiger partial charge in [0.15, 0.2) is 0 Å². The normalized spacial score (nSPS) is 8.38. The second kappa shape index (κ2) is 1.76. The van der Waals surface area contributed by atoms with E-state index in [4.69, 9.17) is 10.4 Å². The first-order valence-corrected chi connectivity index (χ1v) is 2.49. The Balaban J connectivity index is 3.15. The molecule has 0 fully saturated rings. The van der Waals surface area contributed by atoms with Crippen molar-refractivity contribution in [1.29, 1.82) is 5.26 Å². The average Bonchev–Trinajstić information content (AvgIpc) is 2.14. The molecule has 0 saturated carbocycles. The van der Waals surface area contributed by atoms with Crippen LogP contribution < -0.4 is 0 Å². The van der Waals surface area contributed by atoms with E-state index in [1.165, 1.54) is 0 Å². The lowest BCUT2D eigenvalue weighted by atomic mass is 10.5. The zero-order chi connectivity index (χ0) is 5.98. The molecule has 0 bridgehead atoms. The van der Waals surface area contributed by atoms with Crippen LogP contribution in [0, 0.1) is 11.3 Å². The Morgan fingerprint density at radius 2 is 2.38 bits per heavy atom. The summed E-state index contributed by atoms with van der Waals surface area (Å²) in [7, 11) is 0. The van der Waals surface area contributed by atoms with E-state index >= 15 is 0 Å². The van der Waals surface area contributed by atoms with Gasteiger partial charge in [-0.1, -0.05) is 0 Å². The largest absolute Gasteiger partial charge is 0.491 e. The van der Waals surface area contributed by atoms with Crippen LogP contribution in [0.15, 0.2) is 0 Å². The number of nitriles is 1. The molecule has 0 unspecified atom stereocenters. The highest BCUT2D eigenvalue weighted by atomic mass is 32.1. The van der Waals surface area contributed by atoms with Crippen molar-refractivity contribution in [3.8, 4) is 11.9 Å². The zero-order valence-electron chi connectivity index (χ0n) is 3.70. The van der Waals surface area contributed by atoms with E-state index in [2.05, 4.69) is 8.75 Å². The van der Waals surface area contributed by atoms with Crippen molar-refractivity contribution in [2.24, 2.45) is 0 Å². The van der Waals surface area contributed by atoms with E-state index in [-0.39, 0.29) is 11.6 Å². The summed E-state index contributed by atoms with van der Waals surface area (Å²) in [5, 5.41) is 16.7. The van der Waals surface area contributed by atoms with Gasteiger partial charge in [-0.2, -0.15) is 9.64 Å². The smallest absolute Gasteiger partial charge is 0.262 e. The van der Waals surface area contributed by atoms with E-state index in [0.717, 1.165) is 11.7 Å². The molecule has 0 amide bonds. The Morgan fingerprint density at radius 1 is 1.62 bits per heavy atom. The highest BCUT2D eigenvalue weighted by molar-refractivity contribution is 6.99. The molecular formula is C3HN3OS. The lowest BCUT2D eigenvalue weighted by molar-refractivity contribution is 0.457. The van der Waals surface area contributed by atoms with Gasteiger partial charge in [0.1, 0.15) is 6.07 Å². The fourth-order valence-corrected chi connectivity index (χ4v) is 0.663. The van der Waals surface area contributed by atoms with Crippen LogP contribution in [-0.2, 0) is 0 Å². The summed E-state index contributed by atoms with van der Waals surface area (Å²) in [6, 6.07) is 1.66. The summed E-state index contributed by atoms with van der Waals surface area (Å²) in [4.78, 5) is 0. The van der Waals surface area contributed by atoms with Crippen LogP contribution in [0.2, 0.25) is 0 Å². The number of nitrogens with zero attached hydrogens (tertiary/aromatic N) is 3. The minimum Gasteiger partial charge on any atom is -0.491 e. The third kappa shape index (κ3) is 0.611. The summed E-state index contributed by atoms with van der Waals surface area (Å²) in [5.74, 6) is -0.280. The molecule has 1 heterocycles. The zero-order valence-corrected chi connectivity index (χ0v) is 4.51. The van der Waals surface area contributed by atoms with E-state index in [0.29, 0.717) is 0 Å². The van der Waals surface area contributed by atoms with Gasteiger partial charge in [-0.15, -0.1) is 4.37 Å². The molecule has 0 radical (unpaired) electrons. The number of aromatic hydroxyl groups is 1. The van der Waals surface area contributed by atoms with Gasteiger partial charge in [0.05, 0.1) is 11.7 Å². The van der Waals surface area contributed by atoms with Crippen molar-refractivity contribution in [3.05, 3.63) is 5.69 Å². The Labute approximate surface area is 49.3 Å². The lowest BCUT2D eigenvalue weighted by Gasteiger charge is -1.72. The topological polar surface area (TPSA) is 69.8 Å². The Morgan fingerprint density at radius 3 is 2.62 bits per heavy atom. The van der Waals surface area contributed by atoms with E-state index in [1.54, 1.807) is 6.07 Å². The molecule has 1 aromatic rings. The molecule has 0 spiro atoms. The average molecular weight is 127 g/mol. The summed E-state index contributed by atoms with van der Waals surface area (Å²) >= 11 is 0.818. The van der Waals surface area contributed by atoms with Gasteiger partial charge in [-0.3, -0.25) is 0 Å². The second-order valence-electron chi connectivity index (χ2n) is 1.05. The van der Waals surface area contributed by atoms with Crippen molar-refractivity contribution in [2.75, 3.05) is 0 Å². The highest BCUT2D eigenvalue weighted by Crippen LogP contribution is 2.09. The lowest BCUT2D eigenvalue weighted by Crippen LogP contribution is -1.68. The summed E-state index contributed by atoms with van der Waals surface area (Å²) in [6.45, 7) is 0. The molecule has 0 atom stereocenters. The van der Waals surface area contributed by atoms with Crippen molar-refractivity contribution < 1.29 is 5.11 Å². The van der Waals surface area contributed by atoms with Crippen LogP contribution in [-0.4, -0.2) is 13.9 Å². The Kier molecular flexibility index (Phi) is 1.10. The monoisotopic (exact) mass is 127 g/mol. The molecule has 0 aliphatic carbocycles. The SMILES string of the molecule is N#Cc1nsnc1O. The van der Waals surface area contributed by atoms with Crippen molar-refractivity contribution in [2.45, 2.75) is 0 Å². The quantitative estimate of drug-likeness (QED) is 0.537. The van der Waals surface area contributed by atoms with Gasteiger partial charge < -0.3 is 5.11 Å². The van der Waals surface area contributed by atoms with Crippen molar-refractivity contribution in [3.63, 3.8) is 0 Å². The first-order chi connectivity index (χ1) is 3.84. The van der Waals surface area contributed by atoms with Gasteiger partial charge in [0.2, 0.25) is 5.69 Å². The minimum absolute atomic E-state index is 0.00463. The maximum Gasteiger partial charge on any atom is 0.262 e. The molecule has 8 heavy (non-hydrogen) atoms. The molecule has 1 N–H and O–H groups in total. The third-order valence-corrected chi connectivity index (χ3v) is 1.10. The van der Waals surface area contributed by atoms with Crippen LogP contribution >= 0.6 is 11.7 Å². The first kappa shape index (κ1) is 5.00. The Hall–Kier alpha value is -1.15. The maximum atomic E-state index is 8.56. The standard InChI is InChI=1S/C3HN3OS/c4-1-2-3(7)6-8-5-2/h(H,6,7). The third-order valence-electron chi connectivity index (χ3n) is 0.577. The van der Waals surface area contributed by atoms with E-state index in [9.17, 15) is 0 Å². The maximum absolute atomic E-state index is 8.56. The fraction of sp³-hybridized carbons (Fsp3) is 0. The molecule has 0 saturated heterocycles. The number of hydrogen-bond acceptors (Lipinski definition) is 5. The van der Waals surface area contributed by atoms with Gasteiger partial charge in [0, 0.05) is 0 Å². The van der Waals surface area contributed by atoms with Gasteiger partial charge in [0.25, 0.3) is 5.88 Å². The number of rotatable bonds is 0. The molecule has 1 aromatic heterocycles. The first-order valence-electron chi connectivity index (χ1n) is 1.76. The summed E-state index contributed by atoms with van der Waals surface area (Å²) in [6.07, 6.45) is 0. The number of hydrogen-bond donors (Lipinski definition) is 1. The van der Waals surface area contributed by atoms with Crippen LogP contribution in [0.3, 0.4) is 0 Å². The molecule has 40 valence electrons. The molecule has 0 aromatic carbocycles. The van der Waals surface area contributed by atoms with Crippen LogP contribution in [0.4, 0.5) is 0 Å². The fourth-order valence-electron chi connectivity index (χ4n) is 0.254. The van der Waals surface area contributed by atoms with E-state index < -0.39 is 0 Å². The van der Waals surface area contributed by atoms with E-state index in [1.807, 2.05) is 0 Å². The molecular weight excluding hydrogens is 126 g/mol. The predicted molar refractivity (Wildman–Crippen MR) is 26.3 cm³/mol. The molecule has 4 nitrogen and oxygen atoms in total. The summed E-state index contributed by atoms with van der Waals surface area (Å²) < 4.78 is 6.80. The number of aromatic nitrogens is 2. The van der Waals surface area contributed by atoms with Crippen molar-refractivity contribution in [1.82, 2.24) is 8.75 Å². The second-order valence-corrected chi connectivity index (χ2v) is 1.58. The summed E-state index contributed by atoms with van der Waals surface area (Å²) in [5.41, 5.74) is -0.00463. The molecule has 0 aliphatic rings. The molecule has 5 heteroatoms. The van der Waals surface area contributed by atoms with Gasteiger partial charge in [-0.05, 0) is 0 Å². The van der Waals surface area contributed by atoms with Crippen LogP contribution in [0.25, 0.3) is 0 Å². The van der Waals surface area contributed by atoms with Gasteiger partial charge >= 0.3 is 0 Å². The molecule has 0 aliphatic heterocycles. The van der Waals surface area contributed by atoms with Crippen LogP contribution in [0.1, 0.15) is 5.69 Å².